The molecule has 2 N–H and O–H groups in total. The Morgan fingerprint density at radius 2 is 1.85 bits per heavy atom. The largest absolute Gasteiger partial charge is 0.380 e. The van der Waals surface area contributed by atoms with E-state index in [4.69, 9.17) is 11.6 Å². The molecule has 41 heavy (non-hydrogen) atoms. The highest BCUT2D eigenvalue weighted by atomic mass is 35.5. The topological polar surface area (TPSA) is 104 Å². The summed E-state index contributed by atoms with van der Waals surface area (Å²) < 4.78 is 25.2. The fourth-order valence-corrected chi connectivity index (χ4v) is 8.03. The van der Waals surface area contributed by atoms with Gasteiger partial charge in [-0.1, -0.05) is 22.9 Å². The Morgan fingerprint density at radius 3 is 2.54 bits per heavy atom. The average molecular weight is 570 g/mol. The van der Waals surface area contributed by atoms with Crippen molar-refractivity contribution in [1.82, 2.24) is 25.0 Å². The number of halogens is 2. The van der Waals surface area contributed by atoms with Gasteiger partial charge in [0, 0.05) is 29.5 Å². The van der Waals surface area contributed by atoms with Crippen molar-refractivity contribution < 1.29 is 5.76 Å². The Labute approximate surface area is 243 Å². The molecule has 5 fully saturated rings. The lowest BCUT2D eigenvalue weighted by atomic mass is 9.54. The van der Waals surface area contributed by atoms with Crippen LogP contribution in [-0.2, 0) is 0 Å². The lowest BCUT2D eigenvalue weighted by Crippen LogP contribution is -2.51. The van der Waals surface area contributed by atoms with E-state index in [0.29, 0.717) is 50.9 Å². The molecule has 8 nitrogen and oxygen atoms in total. The minimum Gasteiger partial charge on any atom is -0.380 e. The second kappa shape index (κ2) is 9.66. The lowest BCUT2D eigenvalue weighted by molar-refractivity contribution is 0.00757. The van der Waals surface area contributed by atoms with E-state index >= 15 is 0 Å². The third-order valence-electron chi connectivity index (χ3n) is 9.56. The highest BCUT2D eigenvalue weighted by molar-refractivity contribution is 6.35. The van der Waals surface area contributed by atoms with Crippen LogP contribution in [0, 0.1) is 41.0 Å². The van der Waals surface area contributed by atoms with Gasteiger partial charge in [0.1, 0.15) is 11.8 Å². The minimum atomic E-state index is -1.64. The van der Waals surface area contributed by atoms with Gasteiger partial charge in [0.25, 0.3) is 0 Å². The molecule has 5 aliphatic carbocycles. The van der Waals surface area contributed by atoms with Crippen LogP contribution in [0.15, 0.2) is 42.9 Å². The Bertz CT molecular complexity index is 1700. The molecule has 0 aliphatic heterocycles. The summed E-state index contributed by atoms with van der Waals surface area (Å²) in [6.07, 6.45) is 13.1. The molecule has 10 heteroatoms. The molecule has 4 bridgehead atoms. The second-order valence-corrected chi connectivity index (χ2v) is 12.7. The van der Waals surface area contributed by atoms with Gasteiger partial charge in [0.05, 0.1) is 41.4 Å². The van der Waals surface area contributed by atoms with Gasteiger partial charge >= 0.3 is 0 Å². The molecule has 4 aromatic rings. The molecule has 5 aliphatic rings. The van der Waals surface area contributed by atoms with Gasteiger partial charge in [-0.05, 0) is 92.4 Å². The monoisotopic (exact) mass is 569 g/mol. The van der Waals surface area contributed by atoms with Crippen LogP contribution >= 0.6 is 11.6 Å². The van der Waals surface area contributed by atoms with E-state index in [1.54, 1.807) is 23.1 Å². The first-order chi connectivity index (χ1) is 20.4. The van der Waals surface area contributed by atoms with Gasteiger partial charge < -0.3 is 10.6 Å². The third kappa shape index (κ3) is 4.49. The van der Waals surface area contributed by atoms with E-state index in [0.717, 1.165) is 35.8 Å². The first-order valence-corrected chi connectivity index (χ1v) is 14.9. The maximum absolute atomic E-state index is 13.8. The van der Waals surface area contributed by atoms with Crippen molar-refractivity contribution in [2.24, 2.45) is 23.7 Å². The van der Waals surface area contributed by atoms with E-state index in [1.165, 1.54) is 50.4 Å². The molecule has 9 rings (SSSR count). The SMILES string of the molecule is [2H][C@](Nc1cc(Cl)c2ncc(C#N)c(NC3C4CC5CC(C4)CC3C5)c2c1)(c1ccc(F)nc1)c1cn(C2CC2)nn1. The van der Waals surface area contributed by atoms with Crippen LogP contribution in [0.1, 0.15) is 75.2 Å². The number of aromatic nitrogens is 5. The minimum absolute atomic E-state index is 0.284. The number of pyridine rings is 2. The predicted molar refractivity (Wildman–Crippen MR) is 154 cm³/mol. The Hall–Kier alpha value is -3.77. The highest BCUT2D eigenvalue weighted by Gasteiger charge is 2.48. The molecule has 0 spiro atoms. The highest BCUT2D eigenvalue weighted by Crippen LogP contribution is 2.54. The number of hydrogen-bond acceptors (Lipinski definition) is 7. The van der Waals surface area contributed by atoms with Crippen LogP contribution in [-0.4, -0.2) is 31.0 Å². The number of nitriles is 1. The van der Waals surface area contributed by atoms with Crippen molar-refractivity contribution in [3.05, 3.63) is 70.6 Å². The summed E-state index contributed by atoms with van der Waals surface area (Å²) in [7, 11) is 0. The fraction of sp³-hybridized carbons (Fsp3) is 0.452. The summed E-state index contributed by atoms with van der Waals surface area (Å²) in [4.78, 5) is 8.35. The van der Waals surface area contributed by atoms with Crippen molar-refractivity contribution in [2.75, 3.05) is 10.6 Å². The zero-order valence-corrected chi connectivity index (χ0v) is 23.2. The second-order valence-electron chi connectivity index (χ2n) is 12.3. The van der Waals surface area contributed by atoms with Crippen molar-refractivity contribution in [3.8, 4) is 6.07 Å². The van der Waals surface area contributed by atoms with Crippen LogP contribution in [0.3, 0.4) is 0 Å². The lowest BCUT2D eigenvalue weighted by Gasteiger charge is -2.54. The first kappa shape index (κ1) is 23.9. The van der Waals surface area contributed by atoms with E-state index in [-0.39, 0.29) is 6.04 Å². The average Bonchev–Trinajstić information content (AvgIpc) is 3.70. The Morgan fingerprint density at radius 1 is 1.07 bits per heavy atom. The summed E-state index contributed by atoms with van der Waals surface area (Å²) >= 11 is 6.82. The number of hydrogen-bond donors (Lipinski definition) is 2. The molecule has 5 saturated carbocycles. The number of fused-ring (bicyclic) bond motifs is 1. The quantitative estimate of drug-likeness (QED) is 0.240. The molecule has 208 valence electrons. The van der Waals surface area contributed by atoms with Crippen LogP contribution in [0.4, 0.5) is 15.8 Å². The van der Waals surface area contributed by atoms with E-state index < -0.39 is 12.0 Å². The summed E-state index contributed by atoms with van der Waals surface area (Å²) in [5.41, 5.74) is 3.10. The number of benzene rings is 1. The van der Waals surface area contributed by atoms with Crippen LogP contribution in [0.25, 0.3) is 10.9 Å². The molecule has 0 saturated heterocycles. The predicted octanol–water partition coefficient (Wildman–Crippen LogP) is 6.66. The zero-order valence-electron chi connectivity index (χ0n) is 23.4. The van der Waals surface area contributed by atoms with Gasteiger partial charge in [0.15, 0.2) is 0 Å². The maximum atomic E-state index is 13.8. The van der Waals surface area contributed by atoms with Gasteiger partial charge in [0.2, 0.25) is 5.95 Å². The normalized spacial score (nSPS) is 28.2. The van der Waals surface area contributed by atoms with Crippen molar-refractivity contribution in [2.45, 2.75) is 63.0 Å². The molecule has 1 aromatic carbocycles. The van der Waals surface area contributed by atoms with Crippen molar-refractivity contribution in [3.63, 3.8) is 0 Å². The molecule has 0 amide bonds. The zero-order chi connectivity index (χ0) is 28.6. The molecular weight excluding hydrogens is 539 g/mol. The Balaban J connectivity index is 1.21. The number of anilines is 2. The molecule has 3 aromatic heterocycles. The van der Waals surface area contributed by atoms with Gasteiger partial charge in [-0.15, -0.1) is 5.10 Å². The van der Waals surface area contributed by atoms with E-state index in [2.05, 4.69) is 37.0 Å². The Kier molecular flexibility index (Phi) is 5.63. The fourth-order valence-electron chi connectivity index (χ4n) is 7.76. The van der Waals surface area contributed by atoms with Crippen LogP contribution in [0.2, 0.25) is 5.02 Å². The third-order valence-corrected chi connectivity index (χ3v) is 9.84. The molecule has 0 radical (unpaired) electrons. The molecule has 0 unspecified atom stereocenters. The summed E-state index contributed by atoms with van der Waals surface area (Å²) in [6.45, 7) is 0. The van der Waals surface area contributed by atoms with Crippen molar-refractivity contribution in [1.29, 1.82) is 5.26 Å². The molecule has 1 atom stereocenters. The summed E-state index contributed by atoms with van der Waals surface area (Å²) in [5.74, 6) is 2.25. The molecular formula is C31H30ClFN8. The number of rotatable bonds is 7. The first-order valence-electron chi connectivity index (χ1n) is 15.0. The van der Waals surface area contributed by atoms with Crippen LogP contribution < -0.4 is 10.6 Å². The number of nitrogens with zero attached hydrogens (tertiary/aromatic N) is 6. The van der Waals surface area contributed by atoms with Crippen LogP contribution in [0.5, 0.6) is 0 Å². The van der Waals surface area contributed by atoms with E-state index in [9.17, 15) is 11.0 Å². The maximum Gasteiger partial charge on any atom is 0.212 e. The molecule has 3 heterocycles. The van der Waals surface area contributed by atoms with Gasteiger partial charge in [-0.25, -0.2) is 9.67 Å². The number of nitrogens with one attached hydrogen (secondary N) is 2. The van der Waals surface area contributed by atoms with Gasteiger partial charge in [-0.3, -0.25) is 4.98 Å². The standard InChI is InChI=1S/C31H30ClFN8/c32-25-11-22(37-30(18-1-4-27(33)35-13-18)26-15-41(40-39-26)23-2-3-23)10-24-29(21(12-34)14-36-31(24)25)38-28-19-6-16-5-17(8-19)9-20(28)7-16/h1,4,10-11,13-17,19-20,23,28,30,37H,2-3,5-9H2,(H,36,38)/t16?,17?,19?,20?,28?,30-/m0/s1/i30D. The smallest absolute Gasteiger partial charge is 0.212 e. The summed E-state index contributed by atoms with van der Waals surface area (Å²) in [6, 6.07) is 7.65. The van der Waals surface area contributed by atoms with Gasteiger partial charge in [-0.2, -0.15) is 9.65 Å². The summed E-state index contributed by atoms with van der Waals surface area (Å²) in [5, 5.41) is 26.9. The van der Waals surface area contributed by atoms with Crippen molar-refractivity contribution >= 4 is 33.9 Å². The van der Waals surface area contributed by atoms with E-state index in [1.807, 2.05) is 6.07 Å².